The number of morpholine rings is 1. The first-order valence-corrected chi connectivity index (χ1v) is 11.8. The summed E-state index contributed by atoms with van der Waals surface area (Å²) in [5.41, 5.74) is 2.51. The molecular formula is C24H28N6OS. The molecule has 1 N–H and O–H groups in total. The van der Waals surface area contributed by atoms with E-state index in [1.54, 1.807) is 11.3 Å². The summed E-state index contributed by atoms with van der Waals surface area (Å²) >= 11 is 1.74. The van der Waals surface area contributed by atoms with Crippen molar-refractivity contribution in [3.63, 3.8) is 0 Å². The number of benzene rings is 1. The van der Waals surface area contributed by atoms with Gasteiger partial charge in [0.2, 0.25) is 0 Å². The number of aryl methyl sites for hydroxylation is 2. The highest BCUT2D eigenvalue weighted by atomic mass is 32.1. The predicted octanol–water partition coefficient (Wildman–Crippen LogP) is 4.00. The Balaban J connectivity index is 1.39. The third-order valence-corrected chi connectivity index (χ3v) is 7.06. The standard InChI is InChI=1S/C24H28N6OS/c1-17-18(2)32-24-22(17)23(27-20(28-24)16-29-10-12-31-13-11-29)26-14-21-25-8-9-30(21)15-19-6-4-3-5-7-19/h3-9H,10-16H2,1-2H3,(H,26,27,28). The van der Waals surface area contributed by atoms with Crippen LogP contribution in [-0.4, -0.2) is 50.7 Å². The van der Waals surface area contributed by atoms with Crippen molar-refractivity contribution in [1.29, 1.82) is 0 Å². The Labute approximate surface area is 192 Å². The average Bonchev–Trinajstić information content (AvgIpc) is 3.37. The first kappa shape index (κ1) is 21.1. The number of imidazole rings is 1. The molecule has 0 aliphatic carbocycles. The molecule has 0 radical (unpaired) electrons. The second kappa shape index (κ2) is 9.36. The van der Waals surface area contributed by atoms with Crippen molar-refractivity contribution in [1.82, 2.24) is 24.4 Å². The smallest absolute Gasteiger partial charge is 0.146 e. The van der Waals surface area contributed by atoms with Crippen molar-refractivity contribution in [2.45, 2.75) is 33.5 Å². The zero-order valence-corrected chi connectivity index (χ0v) is 19.4. The maximum atomic E-state index is 5.48. The number of hydrogen-bond donors (Lipinski definition) is 1. The molecule has 0 spiro atoms. The monoisotopic (exact) mass is 448 g/mol. The number of nitrogens with one attached hydrogen (secondary N) is 1. The highest BCUT2D eigenvalue weighted by Crippen LogP contribution is 2.33. The molecule has 1 fully saturated rings. The molecule has 3 aromatic heterocycles. The maximum Gasteiger partial charge on any atom is 0.146 e. The third-order valence-electron chi connectivity index (χ3n) is 5.96. The van der Waals surface area contributed by atoms with Crippen molar-refractivity contribution in [2.75, 3.05) is 31.6 Å². The SMILES string of the molecule is Cc1sc2nc(CN3CCOCC3)nc(NCc3nccn3Cc3ccccc3)c2c1C. The van der Waals surface area contributed by atoms with Crippen LogP contribution in [0.25, 0.3) is 10.2 Å². The van der Waals surface area contributed by atoms with Gasteiger partial charge in [0.15, 0.2) is 0 Å². The van der Waals surface area contributed by atoms with Gasteiger partial charge < -0.3 is 14.6 Å². The van der Waals surface area contributed by atoms with E-state index in [4.69, 9.17) is 14.7 Å². The molecule has 1 aliphatic heterocycles. The second-order valence-electron chi connectivity index (χ2n) is 8.15. The molecule has 1 aliphatic rings. The van der Waals surface area contributed by atoms with Crippen molar-refractivity contribution >= 4 is 27.4 Å². The molecule has 8 heteroatoms. The summed E-state index contributed by atoms with van der Waals surface area (Å²) in [6, 6.07) is 10.5. The van der Waals surface area contributed by atoms with E-state index >= 15 is 0 Å². The van der Waals surface area contributed by atoms with Gasteiger partial charge in [-0.2, -0.15) is 0 Å². The van der Waals surface area contributed by atoms with Gasteiger partial charge in [0.05, 0.1) is 31.7 Å². The van der Waals surface area contributed by atoms with E-state index in [2.05, 4.69) is 57.9 Å². The second-order valence-corrected chi connectivity index (χ2v) is 9.35. The third kappa shape index (κ3) is 4.53. The zero-order valence-electron chi connectivity index (χ0n) is 18.5. The molecule has 0 unspecified atom stereocenters. The van der Waals surface area contributed by atoms with Crippen LogP contribution in [-0.2, 0) is 24.4 Å². The first-order valence-electron chi connectivity index (χ1n) is 11.0. The lowest BCUT2D eigenvalue weighted by molar-refractivity contribution is 0.0331. The minimum absolute atomic E-state index is 0.608. The molecule has 4 heterocycles. The van der Waals surface area contributed by atoms with E-state index in [1.807, 2.05) is 18.5 Å². The largest absolute Gasteiger partial charge is 0.379 e. The summed E-state index contributed by atoms with van der Waals surface area (Å²) in [4.78, 5) is 19.1. The number of anilines is 1. The number of thiophene rings is 1. The average molecular weight is 449 g/mol. The Hall–Kier alpha value is -2.81. The zero-order chi connectivity index (χ0) is 21.9. The van der Waals surface area contributed by atoms with Crippen LogP contribution in [0.1, 0.15) is 27.7 Å². The lowest BCUT2D eigenvalue weighted by atomic mass is 10.2. The summed E-state index contributed by atoms with van der Waals surface area (Å²) in [5.74, 6) is 2.74. The van der Waals surface area contributed by atoms with E-state index in [1.165, 1.54) is 16.0 Å². The van der Waals surface area contributed by atoms with Gasteiger partial charge in [-0.3, -0.25) is 4.90 Å². The summed E-state index contributed by atoms with van der Waals surface area (Å²) < 4.78 is 7.66. The van der Waals surface area contributed by atoms with Gasteiger partial charge in [-0.05, 0) is 25.0 Å². The fourth-order valence-electron chi connectivity index (χ4n) is 4.05. The van der Waals surface area contributed by atoms with Crippen LogP contribution < -0.4 is 5.32 Å². The lowest BCUT2D eigenvalue weighted by Crippen LogP contribution is -2.36. The van der Waals surface area contributed by atoms with Crippen molar-refractivity contribution in [3.05, 3.63) is 70.4 Å². The van der Waals surface area contributed by atoms with Crippen LogP contribution in [0.3, 0.4) is 0 Å². The maximum absolute atomic E-state index is 5.48. The normalized spacial score (nSPS) is 14.8. The summed E-state index contributed by atoms with van der Waals surface area (Å²) in [5, 5.41) is 4.70. The summed E-state index contributed by atoms with van der Waals surface area (Å²) in [7, 11) is 0. The lowest BCUT2D eigenvalue weighted by Gasteiger charge is -2.25. The van der Waals surface area contributed by atoms with Gasteiger partial charge in [0.25, 0.3) is 0 Å². The fraction of sp³-hybridized carbons (Fsp3) is 0.375. The Bertz CT molecular complexity index is 1200. The fourth-order valence-corrected chi connectivity index (χ4v) is 5.09. The van der Waals surface area contributed by atoms with E-state index in [-0.39, 0.29) is 0 Å². The van der Waals surface area contributed by atoms with Gasteiger partial charge in [-0.25, -0.2) is 15.0 Å². The molecule has 5 rings (SSSR count). The molecule has 32 heavy (non-hydrogen) atoms. The molecule has 7 nitrogen and oxygen atoms in total. The summed E-state index contributed by atoms with van der Waals surface area (Å²) in [6.45, 7) is 9.84. The topological polar surface area (TPSA) is 68.1 Å². The van der Waals surface area contributed by atoms with Gasteiger partial charge in [0, 0.05) is 36.9 Å². The van der Waals surface area contributed by atoms with Crippen LogP contribution in [0.15, 0.2) is 42.7 Å². The molecule has 166 valence electrons. The molecule has 0 saturated carbocycles. The summed E-state index contributed by atoms with van der Waals surface area (Å²) in [6.07, 6.45) is 3.89. The number of rotatable bonds is 7. The molecule has 1 aromatic carbocycles. The highest BCUT2D eigenvalue weighted by Gasteiger charge is 2.18. The van der Waals surface area contributed by atoms with E-state index in [0.717, 1.165) is 67.1 Å². The van der Waals surface area contributed by atoms with Crippen LogP contribution in [0.2, 0.25) is 0 Å². The van der Waals surface area contributed by atoms with Crippen molar-refractivity contribution in [3.8, 4) is 0 Å². The molecule has 0 amide bonds. The molecule has 1 saturated heterocycles. The van der Waals surface area contributed by atoms with Gasteiger partial charge in [0.1, 0.15) is 22.3 Å². The Morgan fingerprint density at radius 1 is 1.06 bits per heavy atom. The van der Waals surface area contributed by atoms with Crippen LogP contribution in [0.5, 0.6) is 0 Å². The van der Waals surface area contributed by atoms with E-state index in [9.17, 15) is 0 Å². The van der Waals surface area contributed by atoms with Gasteiger partial charge in [-0.15, -0.1) is 11.3 Å². The van der Waals surface area contributed by atoms with Crippen LogP contribution in [0.4, 0.5) is 5.82 Å². The van der Waals surface area contributed by atoms with Crippen LogP contribution in [0, 0.1) is 13.8 Å². The van der Waals surface area contributed by atoms with E-state index in [0.29, 0.717) is 6.54 Å². The quantitative estimate of drug-likeness (QED) is 0.461. The molecule has 0 bridgehead atoms. The Kier molecular flexibility index (Phi) is 6.16. The predicted molar refractivity (Wildman–Crippen MR) is 128 cm³/mol. The van der Waals surface area contributed by atoms with Crippen molar-refractivity contribution in [2.24, 2.45) is 0 Å². The van der Waals surface area contributed by atoms with Gasteiger partial charge >= 0.3 is 0 Å². The van der Waals surface area contributed by atoms with Crippen molar-refractivity contribution < 1.29 is 4.74 Å². The molecule has 4 aromatic rings. The Morgan fingerprint density at radius 2 is 1.88 bits per heavy atom. The van der Waals surface area contributed by atoms with E-state index < -0.39 is 0 Å². The first-order chi connectivity index (χ1) is 15.7. The number of ether oxygens (including phenoxy) is 1. The minimum atomic E-state index is 0.608. The highest BCUT2D eigenvalue weighted by molar-refractivity contribution is 7.18. The number of aromatic nitrogens is 4. The number of hydrogen-bond acceptors (Lipinski definition) is 7. The van der Waals surface area contributed by atoms with Crippen LogP contribution >= 0.6 is 11.3 Å². The Morgan fingerprint density at radius 3 is 2.69 bits per heavy atom. The number of fused-ring (bicyclic) bond motifs is 1. The van der Waals surface area contributed by atoms with Gasteiger partial charge in [-0.1, -0.05) is 30.3 Å². The minimum Gasteiger partial charge on any atom is -0.379 e. The molecular weight excluding hydrogens is 420 g/mol. The molecule has 0 atom stereocenters. The number of nitrogens with zero attached hydrogens (tertiary/aromatic N) is 5.